The summed E-state index contributed by atoms with van der Waals surface area (Å²) in [6, 6.07) is 10.2. The molecule has 2 aromatic carbocycles. The number of anilines is 1. The number of hydrogen-bond donors (Lipinski definition) is 2. The van der Waals surface area contributed by atoms with Gasteiger partial charge in [0.1, 0.15) is 11.6 Å². The minimum Gasteiger partial charge on any atom is -0.337 e. The van der Waals surface area contributed by atoms with E-state index in [2.05, 4.69) is 46.9 Å². The van der Waals surface area contributed by atoms with Crippen molar-refractivity contribution in [3.63, 3.8) is 0 Å². The SMILES string of the molecule is O=C(NCc1nc(Cc2ccccc2F)no1)Nc1nnc(-c2cc(Br)ccc2F)s1. The van der Waals surface area contributed by atoms with Gasteiger partial charge >= 0.3 is 6.03 Å². The van der Waals surface area contributed by atoms with E-state index in [9.17, 15) is 13.6 Å². The maximum Gasteiger partial charge on any atom is 0.321 e. The van der Waals surface area contributed by atoms with E-state index in [1.165, 1.54) is 12.1 Å². The number of carbonyl (C=O) groups is 1. The summed E-state index contributed by atoms with van der Waals surface area (Å²) >= 11 is 4.30. The summed E-state index contributed by atoms with van der Waals surface area (Å²) in [5, 5.41) is 17.1. The van der Waals surface area contributed by atoms with Crippen molar-refractivity contribution < 1.29 is 18.1 Å². The number of hydrogen-bond acceptors (Lipinski definition) is 7. The number of nitrogens with zero attached hydrogens (tertiary/aromatic N) is 4. The van der Waals surface area contributed by atoms with Gasteiger partial charge in [-0.3, -0.25) is 5.32 Å². The smallest absolute Gasteiger partial charge is 0.321 e. The third-order valence-corrected chi connectivity index (χ3v) is 5.39. The number of rotatable bonds is 6. The van der Waals surface area contributed by atoms with Gasteiger partial charge in [0.05, 0.1) is 6.54 Å². The van der Waals surface area contributed by atoms with Crippen LogP contribution in [0.5, 0.6) is 0 Å². The quantitative estimate of drug-likeness (QED) is 0.397. The van der Waals surface area contributed by atoms with Gasteiger partial charge in [0.15, 0.2) is 10.8 Å². The van der Waals surface area contributed by atoms with Crippen molar-refractivity contribution in [1.82, 2.24) is 25.7 Å². The fourth-order valence-corrected chi connectivity index (χ4v) is 3.70. The van der Waals surface area contributed by atoms with E-state index in [1.54, 1.807) is 30.3 Å². The molecule has 4 aromatic rings. The highest BCUT2D eigenvalue weighted by atomic mass is 79.9. The molecule has 8 nitrogen and oxygen atoms in total. The molecule has 2 aromatic heterocycles. The van der Waals surface area contributed by atoms with Crippen molar-refractivity contribution in [3.8, 4) is 10.6 Å². The molecule has 0 unspecified atom stereocenters. The number of carbonyl (C=O) groups excluding carboxylic acids is 1. The molecule has 0 saturated heterocycles. The van der Waals surface area contributed by atoms with Crippen molar-refractivity contribution in [2.24, 2.45) is 0 Å². The van der Waals surface area contributed by atoms with Crippen LogP contribution < -0.4 is 10.6 Å². The zero-order valence-corrected chi connectivity index (χ0v) is 18.0. The standard InChI is InChI=1S/C19H13BrF2N6O2S/c20-11-5-6-14(22)12(8-11)17-26-27-19(31-17)25-18(29)23-9-16-24-15(28-30-16)7-10-3-1-2-4-13(10)21/h1-6,8H,7,9H2,(H2,23,25,27,29). The third kappa shape index (κ3) is 5.27. The Balaban J connectivity index is 1.32. The molecule has 158 valence electrons. The molecule has 12 heteroatoms. The first kappa shape index (κ1) is 21.0. The summed E-state index contributed by atoms with van der Waals surface area (Å²) in [6.45, 7) is -0.0397. The van der Waals surface area contributed by atoms with Gasteiger partial charge in [-0.05, 0) is 29.8 Å². The van der Waals surface area contributed by atoms with E-state index in [4.69, 9.17) is 4.52 Å². The Labute approximate surface area is 186 Å². The fourth-order valence-electron chi connectivity index (χ4n) is 2.59. The van der Waals surface area contributed by atoms with Crippen LogP contribution in [0.1, 0.15) is 17.3 Å². The monoisotopic (exact) mass is 506 g/mol. The van der Waals surface area contributed by atoms with Crippen molar-refractivity contribution in [1.29, 1.82) is 0 Å². The van der Waals surface area contributed by atoms with Crippen LogP contribution in [0.2, 0.25) is 0 Å². The van der Waals surface area contributed by atoms with Crippen molar-refractivity contribution in [2.75, 3.05) is 5.32 Å². The Bertz CT molecular complexity index is 1230. The molecule has 0 aliphatic carbocycles. The fraction of sp³-hybridized carbons (Fsp3) is 0.105. The van der Waals surface area contributed by atoms with Crippen LogP contribution >= 0.6 is 27.3 Å². The first-order valence-electron chi connectivity index (χ1n) is 8.86. The van der Waals surface area contributed by atoms with Gasteiger partial charge in [-0.25, -0.2) is 13.6 Å². The molecule has 31 heavy (non-hydrogen) atoms. The van der Waals surface area contributed by atoms with Gasteiger partial charge in [0, 0.05) is 16.5 Å². The molecule has 0 fully saturated rings. The molecular weight excluding hydrogens is 494 g/mol. The predicted molar refractivity (Wildman–Crippen MR) is 112 cm³/mol. The molecule has 2 heterocycles. The average Bonchev–Trinajstić information content (AvgIpc) is 3.39. The van der Waals surface area contributed by atoms with E-state index < -0.39 is 11.8 Å². The van der Waals surface area contributed by atoms with Crippen LogP contribution in [0.3, 0.4) is 0 Å². The second-order valence-electron chi connectivity index (χ2n) is 6.22. The van der Waals surface area contributed by atoms with Crippen LogP contribution in [0, 0.1) is 11.6 Å². The summed E-state index contributed by atoms with van der Waals surface area (Å²) < 4.78 is 33.4. The zero-order valence-electron chi connectivity index (χ0n) is 15.6. The van der Waals surface area contributed by atoms with Gasteiger partial charge in [0.2, 0.25) is 11.0 Å². The van der Waals surface area contributed by atoms with E-state index in [-0.39, 0.29) is 35.4 Å². The predicted octanol–water partition coefficient (Wildman–Crippen LogP) is 4.54. The van der Waals surface area contributed by atoms with Crippen molar-refractivity contribution in [2.45, 2.75) is 13.0 Å². The summed E-state index contributed by atoms with van der Waals surface area (Å²) in [4.78, 5) is 16.2. The second kappa shape index (κ2) is 9.27. The Hall–Kier alpha value is -3.25. The normalized spacial score (nSPS) is 10.8. The molecule has 0 saturated carbocycles. The van der Waals surface area contributed by atoms with Crippen LogP contribution in [0.15, 0.2) is 51.5 Å². The van der Waals surface area contributed by atoms with Gasteiger partial charge in [-0.2, -0.15) is 4.98 Å². The Kier molecular flexibility index (Phi) is 6.28. The maximum atomic E-state index is 14.0. The second-order valence-corrected chi connectivity index (χ2v) is 8.11. The van der Waals surface area contributed by atoms with Gasteiger partial charge < -0.3 is 9.84 Å². The van der Waals surface area contributed by atoms with Crippen LogP contribution in [0.25, 0.3) is 10.6 Å². The van der Waals surface area contributed by atoms with Crippen molar-refractivity contribution >= 4 is 38.4 Å². The number of benzene rings is 2. The van der Waals surface area contributed by atoms with E-state index in [0.29, 0.717) is 20.9 Å². The summed E-state index contributed by atoms with van der Waals surface area (Å²) in [6.07, 6.45) is 0.169. The van der Waals surface area contributed by atoms with Gasteiger partial charge in [-0.1, -0.05) is 50.6 Å². The highest BCUT2D eigenvalue weighted by Crippen LogP contribution is 2.30. The summed E-state index contributed by atoms with van der Waals surface area (Å²) in [5.74, 6) is -0.341. The highest BCUT2D eigenvalue weighted by Gasteiger charge is 2.15. The molecule has 0 bridgehead atoms. The zero-order chi connectivity index (χ0) is 21.8. The van der Waals surface area contributed by atoms with Crippen LogP contribution in [0.4, 0.5) is 18.7 Å². The Morgan fingerprint density at radius 3 is 2.81 bits per heavy atom. The van der Waals surface area contributed by atoms with Gasteiger partial charge in [-0.15, -0.1) is 10.2 Å². The molecular formula is C19H13BrF2N6O2S. The van der Waals surface area contributed by atoms with Crippen LogP contribution in [-0.2, 0) is 13.0 Å². The molecule has 0 spiro atoms. The molecule has 2 N–H and O–H groups in total. The topological polar surface area (TPSA) is 106 Å². The summed E-state index contributed by atoms with van der Waals surface area (Å²) in [7, 11) is 0. The first-order chi connectivity index (χ1) is 15.0. The third-order valence-electron chi connectivity index (χ3n) is 4.02. The lowest BCUT2D eigenvalue weighted by molar-refractivity contribution is 0.249. The minimum atomic E-state index is -0.578. The van der Waals surface area contributed by atoms with E-state index in [0.717, 1.165) is 11.3 Å². The number of urea groups is 1. The number of amides is 2. The van der Waals surface area contributed by atoms with E-state index in [1.807, 2.05) is 0 Å². The molecule has 0 aliphatic rings. The molecule has 4 rings (SSSR count). The average molecular weight is 507 g/mol. The molecule has 0 aliphatic heterocycles. The lowest BCUT2D eigenvalue weighted by atomic mass is 10.1. The first-order valence-corrected chi connectivity index (χ1v) is 10.5. The molecule has 0 atom stereocenters. The molecule has 0 radical (unpaired) electrons. The minimum absolute atomic E-state index is 0.0397. The Morgan fingerprint density at radius 2 is 1.97 bits per heavy atom. The van der Waals surface area contributed by atoms with Gasteiger partial charge in [0.25, 0.3) is 0 Å². The molecule has 2 amide bonds. The highest BCUT2D eigenvalue weighted by molar-refractivity contribution is 9.10. The Morgan fingerprint density at radius 1 is 1.13 bits per heavy atom. The van der Waals surface area contributed by atoms with Crippen LogP contribution in [-0.4, -0.2) is 26.4 Å². The summed E-state index contributed by atoms with van der Waals surface area (Å²) in [5.41, 5.74) is 0.711. The van der Waals surface area contributed by atoms with E-state index >= 15 is 0 Å². The lowest BCUT2D eigenvalue weighted by Crippen LogP contribution is -2.28. The maximum absolute atomic E-state index is 14.0. The number of aromatic nitrogens is 4. The lowest BCUT2D eigenvalue weighted by Gasteiger charge is -2.01. The number of halogens is 3. The number of nitrogens with one attached hydrogen (secondary N) is 2. The van der Waals surface area contributed by atoms with Crippen molar-refractivity contribution in [3.05, 3.63) is 75.9 Å². The largest absolute Gasteiger partial charge is 0.337 e.